The van der Waals surface area contributed by atoms with Crippen LogP contribution in [0.4, 0.5) is 5.82 Å². The molecule has 5 nitrogen and oxygen atoms in total. The van der Waals surface area contributed by atoms with E-state index in [4.69, 9.17) is 17.2 Å². The minimum absolute atomic E-state index is 0.0319. The monoisotopic (exact) mass is 282 g/mol. The Morgan fingerprint density at radius 2 is 1.95 bits per heavy atom. The van der Waals surface area contributed by atoms with Crippen molar-refractivity contribution < 1.29 is 4.79 Å². The molecule has 1 aromatic carbocycles. The molecule has 21 heavy (non-hydrogen) atoms. The lowest BCUT2D eigenvalue weighted by atomic mass is 10.0. The van der Waals surface area contributed by atoms with Crippen molar-refractivity contribution >= 4 is 22.5 Å². The van der Waals surface area contributed by atoms with Gasteiger partial charge in [0.05, 0.1) is 11.3 Å². The van der Waals surface area contributed by atoms with Gasteiger partial charge in [-0.2, -0.15) is 0 Å². The van der Waals surface area contributed by atoms with Crippen LogP contribution in [0.5, 0.6) is 0 Å². The fourth-order valence-corrected chi connectivity index (χ4v) is 2.87. The van der Waals surface area contributed by atoms with E-state index >= 15 is 0 Å². The van der Waals surface area contributed by atoms with Gasteiger partial charge in [-0.1, -0.05) is 24.3 Å². The largest absolute Gasteiger partial charge is 0.385 e. The molecule has 1 amide bonds. The topological polar surface area (TPSA) is 111 Å². The van der Waals surface area contributed by atoms with Gasteiger partial charge in [0.25, 0.3) is 5.91 Å². The number of benzene rings is 1. The first-order chi connectivity index (χ1) is 9.99. The molecule has 5 heteroatoms. The van der Waals surface area contributed by atoms with Gasteiger partial charge in [-0.25, -0.2) is 0 Å². The molecule has 1 heterocycles. The first-order valence-corrected chi connectivity index (χ1v) is 6.86. The predicted molar refractivity (Wildman–Crippen MR) is 85.2 cm³/mol. The number of nitrogens with two attached hydrogens (primary N) is 3. The minimum atomic E-state index is -0.537. The highest BCUT2D eigenvalue weighted by Gasteiger charge is 2.21. The van der Waals surface area contributed by atoms with Crippen molar-refractivity contribution in [2.45, 2.75) is 19.4 Å². The van der Waals surface area contributed by atoms with Gasteiger partial charge in [0, 0.05) is 11.6 Å². The van der Waals surface area contributed by atoms with Crippen LogP contribution in [0, 0.1) is 0 Å². The first-order valence-electron chi connectivity index (χ1n) is 6.86. The molecule has 1 aliphatic heterocycles. The number of fused-ring (bicyclic) bond motifs is 3. The number of aromatic amines is 1. The van der Waals surface area contributed by atoms with E-state index in [-0.39, 0.29) is 11.9 Å². The number of nitrogen functional groups attached to an aromatic ring is 1. The molecule has 0 bridgehead atoms. The molecule has 1 atom stereocenters. The average molecular weight is 282 g/mol. The Morgan fingerprint density at radius 1 is 1.29 bits per heavy atom. The molecule has 7 N–H and O–H groups in total. The molecule has 3 rings (SSSR count). The van der Waals surface area contributed by atoms with Crippen LogP contribution < -0.4 is 17.2 Å². The Bertz CT molecular complexity index is 804. The number of carbonyl (C=O) groups excluding carboxylic acids is 1. The van der Waals surface area contributed by atoms with Crippen LogP contribution >= 0.6 is 0 Å². The van der Waals surface area contributed by atoms with E-state index in [0.717, 1.165) is 34.0 Å². The number of H-pyrrole nitrogens is 1. The number of aromatic nitrogens is 1. The number of amides is 1. The minimum Gasteiger partial charge on any atom is -0.385 e. The molecular weight excluding hydrogens is 264 g/mol. The molecule has 0 spiro atoms. The number of primary amides is 1. The summed E-state index contributed by atoms with van der Waals surface area (Å²) in [4.78, 5) is 14.6. The zero-order valence-electron chi connectivity index (χ0n) is 11.8. The summed E-state index contributed by atoms with van der Waals surface area (Å²) < 4.78 is 0. The second kappa shape index (κ2) is 4.79. The molecule has 108 valence electrons. The highest BCUT2D eigenvalue weighted by atomic mass is 16.1. The van der Waals surface area contributed by atoms with E-state index in [9.17, 15) is 4.79 Å². The van der Waals surface area contributed by atoms with Crippen molar-refractivity contribution in [3.05, 3.63) is 41.5 Å². The zero-order valence-corrected chi connectivity index (χ0v) is 11.8. The average Bonchev–Trinajstić information content (AvgIpc) is 2.71. The van der Waals surface area contributed by atoms with E-state index < -0.39 is 5.91 Å². The number of nitrogens with one attached hydrogen (secondary N) is 1. The molecule has 1 aliphatic carbocycles. The lowest BCUT2D eigenvalue weighted by Crippen LogP contribution is -2.18. The third kappa shape index (κ3) is 2.11. The van der Waals surface area contributed by atoms with Crippen molar-refractivity contribution in [2.75, 3.05) is 5.73 Å². The van der Waals surface area contributed by atoms with Crippen LogP contribution in [0.15, 0.2) is 30.3 Å². The van der Waals surface area contributed by atoms with E-state index in [1.807, 2.05) is 25.1 Å². The molecule has 0 radical (unpaired) electrons. The summed E-state index contributed by atoms with van der Waals surface area (Å²) in [6.45, 7) is 1.97. The van der Waals surface area contributed by atoms with Gasteiger partial charge in [0.15, 0.2) is 0 Å². The van der Waals surface area contributed by atoms with Crippen LogP contribution in [0.2, 0.25) is 0 Å². The summed E-state index contributed by atoms with van der Waals surface area (Å²) in [6.07, 6.45) is 0.732. The van der Waals surface area contributed by atoms with Gasteiger partial charge in [0.1, 0.15) is 5.82 Å². The lowest BCUT2D eigenvalue weighted by Gasteiger charge is -2.11. The highest BCUT2D eigenvalue weighted by Crippen LogP contribution is 2.39. The van der Waals surface area contributed by atoms with Crippen molar-refractivity contribution in [1.29, 1.82) is 0 Å². The second-order valence-corrected chi connectivity index (χ2v) is 5.46. The Kier molecular flexibility index (Phi) is 3.07. The fraction of sp³-hybridized carbons (Fsp3) is 0.188. The maximum Gasteiger partial charge on any atom is 0.252 e. The Morgan fingerprint density at radius 3 is 2.57 bits per heavy atom. The summed E-state index contributed by atoms with van der Waals surface area (Å²) in [5.41, 5.74) is 20.6. The predicted octanol–water partition coefficient (Wildman–Crippen LogP) is 1.84. The molecule has 0 saturated heterocycles. The highest BCUT2D eigenvalue weighted by molar-refractivity contribution is 6.08. The summed E-state index contributed by atoms with van der Waals surface area (Å²) in [6, 6.07) is 9.83. The van der Waals surface area contributed by atoms with Crippen molar-refractivity contribution in [3.8, 4) is 11.3 Å². The number of carbonyl (C=O) groups is 1. The molecule has 0 fully saturated rings. The second-order valence-electron chi connectivity index (χ2n) is 5.46. The molecule has 0 aromatic heterocycles. The van der Waals surface area contributed by atoms with E-state index in [1.165, 1.54) is 0 Å². The Labute approximate surface area is 122 Å². The van der Waals surface area contributed by atoms with Gasteiger partial charge in [-0.05, 0) is 35.7 Å². The normalized spacial score (nSPS) is 12.9. The van der Waals surface area contributed by atoms with Crippen LogP contribution in [0.25, 0.3) is 22.0 Å². The van der Waals surface area contributed by atoms with Gasteiger partial charge >= 0.3 is 0 Å². The SMILES string of the molecule is C[C@@H](N)Cc1c2[nH]c(N)c(C(N)=O)cc-2c2ccccc12. The Balaban J connectivity index is 2.39. The summed E-state index contributed by atoms with van der Waals surface area (Å²) >= 11 is 0. The van der Waals surface area contributed by atoms with Crippen molar-refractivity contribution in [2.24, 2.45) is 11.5 Å². The summed E-state index contributed by atoms with van der Waals surface area (Å²) in [5.74, 6) is -0.249. The number of rotatable bonds is 3. The zero-order chi connectivity index (χ0) is 15.1. The number of anilines is 1. The maximum absolute atomic E-state index is 11.5. The van der Waals surface area contributed by atoms with Crippen molar-refractivity contribution in [3.63, 3.8) is 0 Å². The van der Waals surface area contributed by atoms with Crippen LogP contribution in [0.3, 0.4) is 0 Å². The molecule has 0 saturated carbocycles. The summed E-state index contributed by atoms with van der Waals surface area (Å²) in [7, 11) is 0. The van der Waals surface area contributed by atoms with Crippen LogP contribution in [-0.2, 0) is 6.42 Å². The van der Waals surface area contributed by atoms with E-state index in [0.29, 0.717) is 5.56 Å². The molecule has 1 aromatic rings. The van der Waals surface area contributed by atoms with Crippen LogP contribution in [0.1, 0.15) is 22.8 Å². The fourth-order valence-electron chi connectivity index (χ4n) is 2.87. The molecule has 0 unspecified atom stereocenters. The smallest absolute Gasteiger partial charge is 0.252 e. The van der Waals surface area contributed by atoms with Gasteiger partial charge < -0.3 is 22.2 Å². The van der Waals surface area contributed by atoms with Gasteiger partial charge in [-0.3, -0.25) is 4.79 Å². The van der Waals surface area contributed by atoms with E-state index in [2.05, 4.69) is 11.1 Å². The standard InChI is InChI=1S/C16H18N4O/c1-8(17)6-11-9-4-2-3-5-10(9)12-7-13(16(19)21)15(18)20-14(11)12/h2-5,7-8,20H,6,17-18H2,1H3,(H2,19,21)/t8-/m1/s1. The third-order valence-electron chi connectivity index (χ3n) is 3.74. The van der Waals surface area contributed by atoms with Crippen molar-refractivity contribution in [1.82, 2.24) is 4.98 Å². The lowest BCUT2D eigenvalue weighted by molar-refractivity contribution is 0.100. The number of hydrogen-bond acceptors (Lipinski definition) is 3. The molecular formula is C16H18N4O. The number of hydrogen-bond donors (Lipinski definition) is 4. The van der Waals surface area contributed by atoms with Gasteiger partial charge in [0.2, 0.25) is 0 Å². The maximum atomic E-state index is 11.5. The first kappa shape index (κ1) is 13.5. The quantitative estimate of drug-likeness (QED) is 0.588. The van der Waals surface area contributed by atoms with Crippen LogP contribution in [-0.4, -0.2) is 16.9 Å². The van der Waals surface area contributed by atoms with Gasteiger partial charge in [-0.15, -0.1) is 0 Å². The Hall–Kier alpha value is -2.53. The molecule has 2 aliphatic rings. The van der Waals surface area contributed by atoms with E-state index in [1.54, 1.807) is 6.07 Å². The number of pyridine rings is 1. The third-order valence-corrected chi connectivity index (χ3v) is 3.74. The summed E-state index contributed by atoms with van der Waals surface area (Å²) in [5, 5.41) is 2.20.